The molecule has 1 aromatic carbocycles. The number of carbonyl (C=O) groups excluding carboxylic acids is 1. The lowest BCUT2D eigenvalue weighted by molar-refractivity contribution is 0.0628. The van der Waals surface area contributed by atoms with Crippen molar-refractivity contribution < 1.29 is 4.79 Å². The van der Waals surface area contributed by atoms with Gasteiger partial charge in [0.15, 0.2) is 0 Å². The second-order valence-corrected chi connectivity index (χ2v) is 6.36. The van der Waals surface area contributed by atoms with E-state index in [1.54, 1.807) is 6.20 Å². The molecule has 5 heteroatoms. The van der Waals surface area contributed by atoms with E-state index in [0.717, 1.165) is 42.8 Å². The lowest BCUT2D eigenvalue weighted by Gasteiger charge is -2.34. The Morgan fingerprint density at radius 2 is 1.95 bits per heavy atom. The van der Waals surface area contributed by atoms with Crippen molar-refractivity contribution in [2.45, 2.75) is 6.54 Å². The van der Waals surface area contributed by atoms with E-state index in [-0.39, 0.29) is 5.91 Å². The molecule has 0 saturated carbocycles. The number of pyridine rings is 1. The highest BCUT2D eigenvalue weighted by atomic mass is 79.9. The third kappa shape index (κ3) is 3.72. The number of amides is 1. The van der Waals surface area contributed by atoms with Gasteiger partial charge in [0.25, 0.3) is 5.91 Å². The van der Waals surface area contributed by atoms with Crippen LogP contribution >= 0.6 is 15.9 Å². The molecule has 1 aromatic heterocycles. The Morgan fingerprint density at radius 3 is 2.64 bits per heavy atom. The van der Waals surface area contributed by atoms with Gasteiger partial charge in [0, 0.05) is 55.2 Å². The molecule has 22 heavy (non-hydrogen) atoms. The summed E-state index contributed by atoms with van der Waals surface area (Å²) in [6.45, 7) is 4.23. The van der Waals surface area contributed by atoms with Gasteiger partial charge in [-0.1, -0.05) is 28.1 Å². The summed E-state index contributed by atoms with van der Waals surface area (Å²) in [6, 6.07) is 11.6. The number of carbonyl (C=O) groups is 1. The molecule has 0 atom stereocenters. The maximum Gasteiger partial charge on any atom is 0.253 e. The minimum Gasteiger partial charge on any atom is -0.336 e. The molecule has 114 valence electrons. The van der Waals surface area contributed by atoms with Gasteiger partial charge in [-0.15, -0.1) is 0 Å². The maximum absolute atomic E-state index is 12.5. The van der Waals surface area contributed by atoms with E-state index >= 15 is 0 Å². The van der Waals surface area contributed by atoms with E-state index in [1.807, 2.05) is 41.4 Å². The molecule has 0 N–H and O–H groups in total. The van der Waals surface area contributed by atoms with Crippen molar-refractivity contribution in [3.05, 3.63) is 64.4 Å². The smallest absolute Gasteiger partial charge is 0.253 e. The van der Waals surface area contributed by atoms with Gasteiger partial charge in [-0.2, -0.15) is 0 Å². The largest absolute Gasteiger partial charge is 0.336 e. The molecule has 1 saturated heterocycles. The highest BCUT2D eigenvalue weighted by molar-refractivity contribution is 9.10. The first-order valence-corrected chi connectivity index (χ1v) is 8.18. The third-order valence-electron chi connectivity index (χ3n) is 3.86. The molecule has 0 aliphatic carbocycles. The van der Waals surface area contributed by atoms with Gasteiger partial charge in [-0.05, 0) is 29.8 Å². The lowest BCUT2D eigenvalue weighted by atomic mass is 10.1. The summed E-state index contributed by atoms with van der Waals surface area (Å²) >= 11 is 3.42. The molecular weight excluding hydrogens is 342 g/mol. The topological polar surface area (TPSA) is 36.4 Å². The van der Waals surface area contributed by atoms with E-state index in [0.29, 0.717) is 0 Å². The molecule has 0 spiro atoms. The molecule has 3 rings (SSSR count). The molecule has 0 unspecified atom stereocenters. The van der Waals surface area contributed by atoms with Gasteiger partial charge in [-0.3, -0.25) is 14.7 Å². The second-order valence-electron chi connectivity index (χ2n) is 5.44. The first-order chi connectivity index (χ1) is 10.7. The van der Waals surface area contributed by atoms with Crippen molar-refractivity contribution in [3.63, 3.8) is 0 Å². The number of hydrogen-bond donors (Lipinski definition) is 0. The Bertz CT molecular complexity index is 639. The Balaban J connectivity index is 1.56. The average Bonchev–Trinajstić information content (AvgIpc) is 2.56. The molecule has 0 bridgehead atoms. The predicted octanol–water partition coefficient (Wildman–Crippen LogP) is 2.80. The Kier molecular flexibility index (Phi) is 4.85. The first-order valence-electron chi connectivity index (χ1n) is 7.38. The van der Waals surface area contributed by atoms with E-state index in [1.165, 1.54) is 5.56 Å². The Labute approximate surface area is 138 Å². The van der Waals surface area contributed by atoms with Crippen LogP contribution in [0, 0.1) is 0 Å². The number of nitrogens with zero attached hydrogens (tertiary/aromatic N) is 3. The molecule has 1 fully saturated rings. The zero-order valence-electron chi connectivity index (χ0n) is 12.3. The van der Waals surface area contributed by atoms with Crippen LogP contribution in [0.1, 0.15) is 15.9 Å². The first kappa shape index (κ1) is 15.2. The van der Waals surface area contributed by atoms with Crippen molar-refractivity contribution in [1.82, 2.24) is 14.8 Å². The SMILES string of the molecule is O=C(c1cccc(Br)c1)N1CCN(Cc2cccnc2)CC1. The van der Waals surface area contributed by atoms with Crippen LogP contribution in [0.15, 0.2) is 53.3 Å². The molecule has 4 nitrogen and oxygen atoms in total. The summed E-state index contributed by atoms with van der Waals surface area (Å²) in [5.74, 6) is 0.113. The molecule has 2 aromatic rings. The number of halogens is 1. The highest BCUT2D eigenvalue weighted by Crippen LogP contribution is 2.15. The second kappa shape index (κ2) is 7.03. The lowest BCUT2D eigenvalue weighted by Crippen LogP contribution is -2.48. The van der Waals surface area contributed by atoms with Crippen LogP contribution in [0.3, 0.4) is 0 Å². The van der Waals surface area contributed by atoms with Crippen LogP contribution in [0.5, 0.6) is 0 Å². The van der Waals surface area contributed by atoms with Crippen molar-refractivity contribution in [2.75, 3.05) is 26.2 Å². The third-order valence-corrected chi connectivity index (χ3v) is 4.35. The standard InChI is InChI=1S/C17H18BrN3O/c18-16-5-1-4-15(11-16)17(22)21-9-7-20(8-10-21)13-14-3-2-6-19-12-14/h1-6,11-12H,7-10,13H2. The molecule has 0 radical (unpaired) electrons. The fourth-order valence-electron chi connectivity index (χ4n) is 2.66. The molecule has 1 amide bonds. The van der Waals surface area contributed by atoms with Crippen LogP contribution in [-0.2, 0) is 6.54 Å². The fraction of sp³-hybridized carbons (Fsp3) is 0.294. The van der Waals surface area contributed by atoms with Crippen LogP contribution < -0.4 is 0 Å². The van der Waals surface area contributed by atoms with E-state index in [4.69, 9.17) is 0 Å². The highest BCUT2D eigenvalue weighted by Gasteiger charge is 2.22. The summed E-state index contributed by atoms with van der Waals surface area (Å²) in [4.78, 5) is 20.9. The summed E-state index contributed by atoms with van der Waals surface area (Å²) in [6.07, 6.45) is 3.69. The van der Waals surface area contributed by atoms with Gasteiger partial charge in [-0.25, -0.2) is 0 Å². The minimum atomic E-state index is 0.113. The predicted molar refractivity (Wildman–Crippen MR) is 89.6 cm³/mol. The van der Waals surface area contributed by atoms with E-state index in [2.05, 4.69) is 31.9 Å². The van der Waals surface area contributed by atoms with Crippen molar-refractivity contribution in [1.29, 1.82) is 0 Å². The summed E-state index contributed by atoms with van der Waals surface area (Å²) in [5, 5.41) is 0. The van der Waals surface area contributed by atoms with Crippen LogP contribution in [-0.4, -0.2) is 46.9 Å². The number of benzene rings is 1. The molecule has 2 heterocycles. The van der Waals surface area contributed by atoms with Crippen molar-refractivity contribution in [2.24, 2.45) is 0 Å². The number of aromatic nitrogens is 1. The van der Waals surface area contributed by atoms with Gasteiger partial charge in [0.1, 0.15) is 0 Å². The fourth-order valence-corrected chi connectivity index (χ4v) is 3.06. The van der Waals surface area contributed by atoms with Gasteiger partial charge in [0.05, 0.1) is 0 Å². The molecule has 1 aliphatic heterocycles. The average molecular weight is 360 g/mol. The minimum absolute atomic E-state index is 0.113. The van der Waals surface area contributed by atoms with Crippen LogP contribution in [0.2, 0.25) is 0 Å². The Hall–Kier alpha value is -1.72. The molecule has 1 aliphatic rings. The van der Waals surface area contributed by atoms with Gasteiger partial charge >= 0.3 is 0 Å². The quantitative estimate of drug-likeness (QED) is 0.845. The normalized spacial score (nSPS) is 15.8. The van der Waals surface area contributed by atoms with E-state index < -0.39 is 0 Å². The summed E-state index contributed by atoms with van der Waals surface area (Å²) in [5.41, 5.74) is 1.96. The van der Waals surface area contributed by atoms with E-state index in [9.17, 15) is 4.79 Å². The summed E-state index contributed by atoms with van der Waals surface area (Å²) in [7, 11) is 0. The molecular formula is C17H18BrN3O. The monoisotopic (exact) mass is 359 g/mol. The van der Waals surface area contributed by atoms with Gasteiger partial charge in [0.2, 0.25) is 0 Å². The van der Waals surface area contributed by atoms with Crippen molar-refractivity contribution in [3.8, 4) is 0 Å². The van der Waals surface area contributed by atoms with Gasteiger partial charge < -0.3 is 4.90 Å². The number of rotatable bonds is 3. The summed E-state index contributed by atoms with van der Waals surface area (Å²) < 4.78 is 0.938. The number of hydrogen-bond acceptors (Lipinski definition) is 3. The van der Waals surface area contributed by atoms with Crippen LogP contribution in [0.4, 0.5) is 0 Å². The zero-order valence-corrected chi connectivity index (χ0v) is 13.9. The Morgan fingerprint density at radius 1 is 1.14 bits per heavy atom. The van der Waals surface area contributed by atoms with Crippen LogP contribution in [0.25, 0.3) is 0 Å². The van der Waals surface area contributed by atoms with Crippen molar-refractivity contribution >= 4 is 21.8 Å². The maximum atomic E-state index is 12.5. The zero-order chi connectivity index (χ0) is 15.4. The number of piperazine rings is 1.